The summed E-state index contributed by atoms with van der Waals surface area (Å²) in [7, 11) is 1.32. The molecule has 0 saturated heterocycles. The maximum atomic E-state index is 11.4. The van der Waals surface area contributed by atoms with Gasteiger partial charge in [-0.3, -0.25) is 0 Å². The lowest BCUT2D eigenvalue weighted by atomic mass is 10.1. The number of halogens is 2. The largest absolute Gasteiger partial charge is 0.464 e. The smallest absolute Gasteiger partial charge is 0.356 e. The maximum absolute atomic E-state index is 11.4. The quantitative estimate of drug-likeness (QED) is 0.594. The van der Waals surface area contributed by atoms with Crippen molar-refractivity contribution in [2.45, 2.75) is 6.92 Å². The van der Waals surface area contributed by atoms with E-state index in [0.717, 1.165) is 20.8 Å². The fourth-order valence-corrected chi connectivity index (χ4v) is 2.48. The lowest BCUT2D eigenvalue weighted by Gasteiger charge is -2.07. The van der Waals surface area contributed by atoms with Crippen LogP contribution >= 0.6 is 27.5 Å². The third kappa shape index (κ3) is 2.28. The number of nitrogens with zero attached hydrogens (tertiary/aromatic N) is 1. The zero-order valence-corrected chi connectivity index (χ0v) is 11.6. The van der Waals surface area contributed by atoms with Crippen molar-refractivity contribution in [3.63, 3.8) is 0 Å². The average molecular weight is 315 g/mol. The zero-order valence-electron chi connectivity index (χ0n) is 9.25. The van der Waals surface area contributed by atoms with Crippen molar-refractivity contribution in [3.05, 3.63) is 39.1 Å². The Bertz CT molecular complexity index is 613. The van der Waals surface area contributed by atoms with Crippen molar-refractivity contribution in [1.29, 1.82) is 0 Å². The Balaban J connectivity index is 2.77. The van der Waals surface area contributed by atoms with E-state index in [2.05, 4.69) is 25.7 Å². The van der Waals surface area contributed by atoms with E-state index >= 15 is 0 Å². The third-order valence-corrected chi connectivity index (χ3v) is 3.21. The van der Waals surface area contributed by atoms with E-state index in [1.165, 1.54) is 7.11 Å². The Labute approximate surface area is 112 Å². The van der Waals surface area contributed by atoms with Gasteiger partial charge in [0.1, 0.15) is 5.15 Å². The molecular formula is C12H9BrClNO2. The number of esters is 1. The van der Waals surface area contributed by atoms with E-state index in [9.17, 15) is 4.79 Å². The molecule has 0 N–H and O–H groups in total. The molecule has 0 amide bonds. The molecular weight excluding hydrogens is 305 g/mol. The SMILES string of the molecule is COC(=O)c1cc2c(C)cc(Br)cc2c(Cl)n1. The van der Waals surface area contributed by atoms with Crippen LogP contribution in [0.4, 0.5) is 0 Å². The number of rotatable bonds is 1. The van der Waals surface area contributed by atoms with Crippen molar-refractivity contribution in [1.82, 2.24) is 4.98 Å². The molecule has 0 aliphatic carbocycles. The molecule has 0 aliphatic rings. The average Bonchev–Trinajstić information content (AvgIpc) is 2.29. The molecule has 17 heavy (non-hydrogen) atoms. The van der Waals surface area contributed by atoms with Crippen molar-refractivity contribution in [3.8, 4) is 0 Å². The summed E-state index contributed by atoms with van der Waals surface area (Å²) in [6.07, 6.45) is 0. The zero-order chi connectivity index (χ0) is 12.6. The molecule has 88 valence electrons. The molecule has 3 nitrogen and oxygen atoms in total. The van der Waals surface area contributed by atoms with Crippen molar-refractivity contribution >= 4 is 44.3 Å². The topological polar surface area (TPSA) is 39.2 Å². The minimum atomic E-state index is -0.490. The molecule has 2 rings (SSSR count). The standard InChI is InChI=1S/C12H9BrClNO2/c1-6-3-7(13)4-9-8(6)5-10(12(16)17-2)15-11(9)14/h3-5H,1-2H3. The molecule has 1 aromatic carbocycles. The first-order valence-electron chi connectivity index (χ1n) is 4.87. The Morgan fingerprint density at radius 3 is 2.71 bits per heavy atom. The van der Waals surface area contributed by atoms with Crippen LogP contribution in [0.1, 0.15) is 16.1 Å². The summed E-state index contributed by atoms with van der Waals surface area (Å²) in [6.45, 7) is 1.95. The number of fused-ring (bicyclic) bond motifs is 1. The van der Waals surface area contributed by atoms with E-state index in [1.54, 1.807) is 6.07 Å². The van der Waals surface area contributed by atoms with Crippen LogP contribution in [-0.4, -0.2) is 18.1 Å². The Hall–Kier alpha value is -1.13. The second-order valence-electron chi connectivity index (χ2n) is 3.61. The van der Waals surface area contributed by atoms with Crippen LogP contribution in [0.5, 0.6) is 0 Å². The molecule has 0 fully saturated rings. The molecule has 0 spiro atoms. The van der Waals surface area contributed by atoms with Gasteiger partial charge in [0.15, 0.2) is 5.69 Å². The van der Waals surface area contributed by atoms with Crippen LogP contribution in [0.2, 0.25) is 5.15 Å². The second kappa shape index (κ2) is 4.63. The van der Waals surface area contributed by atoms with Gasteiger partial charge < -0.3 is 4.74 Å². The van der Waals surface area contributed by atoms with Gasteiger partial charge in [0.05, 0.1) is 7.11 Å². The number of ether oxygens (including phenoxy) is 1. The molecule has 0 radical (unpaired) electrons. The number of benzene rings is 1. The number of hydrogen-bond acceptors (Lipinski definition) is 3. The van der Waals surface area contributed by atoms with Gasteiger partial charge in [0.2, 0.25) is 0 Å². The number of hydrogen-bond donors (Lipinski definition) is 0. The lowest BCUT2D eigenvalue weighted by molar-refractivity contribution is 0.0594. The van der Waals surface area contributed by atoms with Crippen molar-refractivity contribution < 1.29 is 9.53 Å². The van der Waals surface area contributed by atoms with Crippen LogP contribution in [0.3, 0.4) is 0 Å². The van der Waals surface area contributed by atoms with E-state index in [1.807, 2.05) is 19.1 Å². The van der Waals surface area contributed by atoms with Crippen molar-refractivity contribution in [2.24, 2.45) is 0 Å². The minimum absolute atomic E-state index is 0.218. The molecule has 0 bridgehead atoms. The first kappa shape index (κ1) is 12.3. The fraction of sp³-hybridized carbons (Fsp3) is 0.167. The van der Waals surface area contributed by atoms with Gasteiger partial charge in [0, 0.05) is 9.86 Å². The van der Waals surface area contributed by atoms with E-state index in [4.69, 9.17) is 11.6 Å². The summed E-state index contributed by atoms with van der Waals surface area (Å²) in [6, 6.07) is 5.52. The number of methoxy groups -OCH3 is 1. The van der Waals surface area contributed by atoms with E-state index in [-0.39, 0.29) is 5.69 Å². The van der Waals surface area contributed by atoms with Gasteiger partial charge in [0.25, 0.3) is 0 Å². The summed E-state index contributed by atoms with van der Waals surface area (Å²) >= 11 is 9.47. The highest BCUT2D eigenvalue weighted by Gasteiger charge is 2.13. The van der Waals surface area contributed by atoms with Gasteiger partial charge in [-0.25, -0.2) is 9.78 Å². The molecule has 0 atom stereocenters. The predicted octanol–water partition coefficient (Wildman–Crippen LogP) is 3.75. The van der Waals surface area contributed by atoms with Gasteiger partial charge in [-0.15, -0.1) is 0 Å². The lowest BCUT2D eigenvalue weighted by Crippen LogP contribution is -2.04. The summed E-state index contributed by atoms with van der Waals surface area (Å²) in [4.78, 5) is 15.5. The molecule has 0 saturated carbocycles. The highest BCUT2D eigenvalue weighted by Crippen LogP contribution is 2.29. The summed E-state index contributed by atoms with van der Waals surface area (Å²) in [5.41, 5.74) is 1.24. The summed E-state index contributed by atoms with van der Waals surface area (Å²) in [5, 5.41) is 2.01. The third-order valence-electron chi connectivity index (χ3n) is 2.47. The molecule has 5 heteroatoms. The Morgan fingerprint density at radius 1 is 1.35 bits per heavy atom. The normalized spacial score (nSPS) is 10.6. The summed E-state index contributed by atoms with van der Waals surface area (Å²) in [5.74, 6) is -0.490. The number of carbonyl (C=O) groups excluding carboxylic acids is 1. The van der Waals surface area contributed by atoms with E-state index in [0.29, 0.717) is 5.15 Å². The van der Waals surface area contributed by atoms with Crippen LogP contribution in [0.25, 0.3) is 10.8 Å². The first-order valence-corrected chi connectivity index (χ1v) is 6.04. The van der Waals surface area contributed by atoms with Crippen molar-refractivity contribution in [2.75, 3.05) is 7.11 Å². The number of pyridine rings is 1. The highest BCUT2D eigenvalue weighted by atomic mass is 79.9. The Morgan fingerprint density at radius 2 is 2.06 bits per heavy atom. The molecule has 1 aromatic heterocycles. The fourth-order valence-electron chi connectivity index (χ4n) is 1.66. The molecule has 0 unspecified atom stereocenters. The van der Waals surface area contributed by atoms with Gasteiger partial charge >= 0.3 is 5.97 Å². The Kier molecular flexibility index (Phi) is 3.35. The van der Waals surface area contributed by atoms with Crippen LogP contribution in [-0.2, 0) is 4.74 Å². The van der Waals surface area contributed by atoms with Gasteiger partial charge in [-0.2, -0.15) is 0 Å². The van der Waals surface area contributed by atoms with Crippen LogP contribution in [0.15, 0.2) is 22.7 Å². The van der Waals surface area contributed by atoms with Crippen LogP contribution in [0, 0.1) is 6.92 Å². The van der Waals surface area contributed by atoms with Gasteiger partial charge in [-0.05, 0) is 36.1 Å². The number of carbonyl (C=O) groups is 1. The molecule has 2 aromatic rings. The number of aromatic nitrogens is 1. The van der Waals surface area contributed by atoms with Gasteiger partial charge in [-0.1, -0.05) is 27.5 Å². The highest BCUT2D eigenvalue weighted by molar-refractivity contribution is 9.10. The van der Waals surface area contributed by atoms with Crippen LogP contribution < -0.4 is 0 Å². The second-order valence-corrected chi connectivity index (χ2v) is 4.88. The van der Waals surface area contributed by atoms with E-state index < -0.39 is 5.97 Å². The monoisotopic (exact) mass is 313 g/mol. The molecule has 0 aliphatic heterocycles. The predicted molar refractivity (Wildman–Crippen MR) is 70.5 cm³/mol. The number of aryl methyl sites for hydroxylation is 1. The molecule has 1 heterocycles. The minimum Gasteiger partial charge on any atom is -0.464 e. The summed E-state index contributed by atoms with van der Waals surface area (Å²) < 4.78 is 5.56. The first-order chi connectivity index (χ1) is 8.02. The maximum Gasteiger partial charge on any atom is 0.356 e.